The minimum absolute atomic E-state index is 0. The molecule has 76 valence electrons. The van der Waals surface area contributed by atoms with Crippen LogP contribution < -0.4 is 0 Å². The van der Waals surface area contributed by atoms with Crippen molar-refractivity contribution in [2.45, 2.75) is 0 Å². The van der Waals surface area contributed by atoms with Gasteiger partial charge in [0.2, 0.25) is 0 Å². The molecule has 0 spiro atoms. The number of hydrogen-bond acceptors (Lipinski definition) is 6. The molecule has 8 nitrogen and oxygen atoms in total. The molecule has 11 heavy (non-hydrogen) atoms. The van der Waals surface area contributed by atoms with Crippen LogP contribution in [0.1, 0.15) is 0 Å². The third-order valence-corrected chi connectivity index (χ3v) is 0. The van der Waals surface area contributed by atoms with Crippen molar-refractivity contribution in [3.05, 3.63) is 10.1 Å². The standard InChI is InChI=1S/2Ag.HNO3.H2O4S/c;;2-1(3)4;1-5(2,3)4/h;;(H,2,3,4);(H2,1,2,3,4)/q2*+1;;/p-2. The Labute approximate surface area is 92.7 Å². The van der Waals surface area contributed by atoms with Crippen molar-refractivity contribution in [3.63, 3.8) is 0 Å². The summed E-state index contributed by atoms with van der Waals surface area (Å²) in [6.45, 7) is 0. The zero-order chi connectivity index (χ0) is 8.08. The van der Waals surface area contributed by atoms with Crippen molar-refractivity contribution in [3.8, 4) is 0 Å². The van der Waals surface area contributed by atoms with Crippen molar-refractivity contribution >= 4 is 10.4 Å². The molecule has 0 amide bonds. The van der Waals surface area contributed by atoms with Gasteiger partial charge >= 0.3 is 44.8 Å². The molecule has 0 aromatic carbocycles. The van der Waals surface area contributed by atoms with Crippen molar-refractivity contribution in [1.82, 2.24) is 0 Å². The van der Waals surface area contributed by atoms with Gasteiger partial charge in [-0.3, -0.25) is 8.42 Å². The Morgan fingerprint density at radius 2 is 1.18 bits per heavy atom. The average molecular weight is 375 g/mol. The largest absolute Gasteiger partial charge is 1.00 e. The molecule has 0 aliphatic carbocycles. The predicted octanol–water partition coefficient (Wildman–Crippen LogP) is -1.69. The molecule has 0 aromatic heterocycles. The first kappa shape index (κ1) is 22.6. The van der Waals surface area contributed by atoms with Crippen LogP contribution in [0, 0.1) is 10.1 Å². The first-order valence-corrected chi connectivity index (χ1v) is 2.57. The fourth-order valence-corrected chi connectivity index (χ4v) is 0. The van der Waals surface area contributed by atoms with Crippen LogP contribution in [0.5, 0.6) is 0 Å². The topological polar surface area (TPSA) is 144 Å². The molecule has 11 heteroatoms. The maximum Gasteiger partial charge on any atom is 1.00 e. The van der Waals surface area contributed by atoms with Gasteiger partial charge in [0.05, 0.1) is 0 Å². The molecule has 0 aliphatic heterocycles. The van der Waals surface area contributed by atoms with E-state index in [1.807, 2.05) is 0 Å². The number of rotatable bonds is 0. The zero-order valence-corrected chi connectivity index (χ0v) is 8.14. The zero-order valence-electron chi connectivity index (χ0n) is 4.36. The summed E-state index contributed by atoms with van der Waals surface area (Å²) in [5.74, 6) is 0. The van der Waals surface area contributed by atoms with Gasteiger partial charge in [0.25, 0.3) is 5.09 Å². The summed E-state index contributed by atoms with van der Waals surface area (Å²) in [4.78, 5) is 8.36. The molecule has 0 radical (unpaired) electrons. The summed E-state index contributed by atoms with van der Waals surface area (Å²) < 4.78 is 34.1. The fraction of sp³-hybridized carbons (Fsp3) is 0. The second kappa shape index (κ2) is 10.6. The smallest absolute Gasteiger partial charge is 0.759 e. The van der Waals surface area contributed by atoms with E-state index in [0.29, 0.717) is 0 Å². The van der Waals surface area contributed by atoms with Crippen LogP contribution in [-0.4, -0.2) is 27.8 Å². The quantitative estimate of drug-likeness (QED) is 0.175. The van der Waals surface area contributed by atoms with Crippen LogP contribution in [0.25, 0.3) is 0 Å². The fourth-order valence-electron chi connectivity index (χ4n) is 0. The Morgan fingerprint density at radius 3 is 1.18 bits per heavy atom. The van der Waals surface area contributed by atoms with Gasteiger partial charge < -0.3 is 14.3 Å². The second-order valence-corrected chi connectivity index (χ2v) is 1.46. The van der Waals surface area contributed by atoms with Gasteiger partial charge in [-0.15, -0.1) is 10.1 Å². The SMILES string of the molecule is O=S(=O)([O-])[O-].O=[N+]([O-])O.[Ag+].[Ag+]. The summed E-state index contributed by atoms with van der Waals surface area (Å²) in [5.41, 5.74) is 0. The van der Waals surface area contributed by atoms with Gasteiger partial charge in [-0.2, -0.15) is 0 Å². The molecule has 0 unspecified atom stereocenters. The van der Waals surface area contributed by atoms with Gasteiger partial charge in [-0.25, -0.2) is 0 Å². The molecular formula is HAg2NO7S. The van der Waals surface area contributed by atoms with E-state index in [9.17, 15) is 0 Å². The molecule has 0 saturated heterocycles. The van der Waals surface area contributed by atoms with Crippen molar-refractivity contribution in [2.75, 3.05) is 0 Å². The Kier molecular flexibility index (Phi) is 21.6. The van der Waals surface area contributed by atoms with E-state index in [1.165, 1.54) is 0 Å². The number of nitrogens with zero attached hydrogens (tertiary/aromatic N) is 1. The van der Waals surface area contributed by atoms with Crippen LogP contribution in [0.3, 0.4) is 0 Å². The third kappa shape index (κ3) is 2550. The Bertz CT molecular complexity index is 159. The van der Waals surface area contributed by atoms with E-state index in [-0.39, 0.29) is 44.8 Å². The molecule has 0 rings (SSSR count). The monoisotopic (exact) mass is 373 g/mol. The predicted molar refractivity (Wildman–Crippen MR) is 19.3 cm³/mol. The first-order chi connectivity index (χ1) is 3.73. The Balaban J connectivity index is -0.0000000383. The van der Waals surface area contributed by atoms with Crippen molar-refractivity contribution in [2.24, 2.45) is 0 Å². The van der Waals surface area contributed by atoms with E-state index in [1.54, 1.807) is 0 Å². The van der Waals surface area contributed by atoms with Gasteiger partial charge in [0.1, 0.15) is 0 Å². The van der Waals surface area contributed by atoms with Gasteiger partial charge in [-0.1, -0.05) is 0 Å². The van der Waals surface area contributed by atoms with Crippen LogP contribution >= 0.6 is 0 Å². The normalized spacial score (nSPS) is 7.45. The van der Waals surface area contributed by atoms with Crippen LogP contribution in [0.4, 0.5) is 0 Å². The number of hydrogen-bond donors (Lipinski definition) is 1. The van der Waals surface area contributed by atoms with E-state index in [4.69, 9.17) is 32.8 Å². The van der Waals surface area contributed by atoms with Crippen molar-refractivity contribution < 1.29 is 72.6 Å². The maximum atomic E-state index is 8.52. The average Bonchev–Trinajstić information content (AvgIpc) is 1.19. The molecule has 0 aliphatic rings. The Hall–Kier alpha value is 0.551. The van der Waals surface area contributed by atoms with Crippen LogP contribution in [0.2, 0.25) is 0 Å². The molecule has 0 atom stereocenters. The van der Waals surface area contributed by atoms with Gasteiger partial charge in [-0.05, 0) is 0 Å². The molecule has 1 N–H and O–H groups in total. The summed E-state index contributed by atoms with van der Waals surface area (Å²) in [6, 6.07) is 0. The third-order valence-electron chi connectivity index (χ3n) is 0. The molecular weight excluding hydrogens is 374 g/mol. The second-order valence-electron chi connectivity index (χ2n) is 0.646. The van der Waals surface area contributed by atoms with Crippen LogP contribution in [-0.2, 0) is 55.2 Å². The summed E-state index contributed by atoms with van der Waals surface area (Å²) in [5, 5.41) is 13.6. The summed E-state index contributed by atoms with van der Waals surface area (Å²) in [7, 11) is -5.17. The minimum Gasteiger partial charge on any atom is -0.759 e. The maximum absolute atomic E-state index is 8.52. The first-order valence-electron chi connectivity index (χ1n) is 1.23. The van der Waals surface area contributed by atoms with Crippen molar-refractivity contribution in [1.29, 1.82) is 0 Å². The minimum atomic E-state index is -5.17. The van der Waals surface area contributed by atoms with E-state index >= 15 is 0 Å². The molecule has 0 bridgehead atoms. The molecule has 0 saturated carbocycles. The summed E-state index contributed by atoms with van der Waals surface area (Å²) in [6.07, 6.45) is 0. The Morgan fingerprint density at radius 1 is 1.18 bits per heavy atom. The van der Waals surface area contributed by atoms with E-state index in [2.05, 4.69) is 0 Å². The van der Waals surface area contributed by atoms with E-state index in [0.717, 1.165) is 0 Å². The van der Waals surface area contributed by atoms with Gasteiger partial charge in [0.15, 0.2) is 0 Å². The van der Waals surface area contributed by atoms with E-state index < -0.39 is 15.5 Å². The molecule has 0 heterocycles. The molecule has 0 aromatic rings. The van der Waals surface area contributed by atoms with Gasteiger partial charge in [0, 0.05) is 10.4 Å². The molecule has 0 fully saturated rings. The van der Waals surface area contributed by atoms with Crippen LogP contribution in [0.15, 0.2) is 0 Å². The summed E-state index contributed by atoms with van der Waals surface area (Å²) >= 11 is 0.